The zero-order chi connectivity index (χ0) is 14.7. The Kier molecular flexibility index (Phi) is 4.27. The molecule has 1 aliphatic carbocycles. The predicted molar refractivity (Wildman–Crippen MR) is 76.8 cm³/mol. The molecule has 0 radical (unpaired) electrons. The molecule has 2 atom stereocenters. The summed E-state index contributed by atoms with van der Waals surface area (Å²) in [7, 11) is 0. The number of carboxylic acids is 1. The number of hydrogen-bond acceptors (Lipinski definition) is 2. The molecule has 0 aliphatic heterocycles. The molecule has 0 saturated heterocycles. The molecule has 108 valence electrons. The van der Waals surface area contributed by atoms with Gasteiger partial charge in [-0.15, -0.1) is 0 Å². The molecule has 1 aliphatic rings. The van der Waals surface area contributed by atoms with E-state index in [0.717, 1.165) is 23.2 Å². The highest BCUT2D eigenvalue weighted by Gasteiger charge is 2.30. The minimum Gasteiger partial charge on any atom is -0.481 e. The lowest BCUT2D eigenvalue weighted by Gasteiger charge is -2.15. The van der Waals surface area contributed by atoms with Crippen molar-refractivity contribution in [1.82, 2.24) is 5.32 Å². The van der Waals surface area contributed by atoms with Gasteiger partial charge in [0.1, 0.15) is 0 Å². The molecule has 1 aromatic rings. The minimum atomic E-state index is -0.774. The SMILES string of the molecule is Cc1ccc(C)c(NC(=O)N[C@H]2CC[C@@H](C(=O)O)C2)c1. The molecular formula is C15H20N2O3. The van der Waals surface area contributed by atoms with E-state index in [0.29, 0.717) is 12.8 Å². The van der Waals surface area contributed by atoms with Crippen LogP contribution >= 0.6 is 0 Å². The first-order valence-corrected chi connectivity index (χ1v) is 6.83. The van der Waals surface area contributed by atoms with Crippen LogP contribution in [0.4, 0.5) is 10.5 Å². The number of rotatable bonds is 3. The molecule has 0 aromatic heterocycles. The first-order valence-electron chi connectivity index (χ1n) is 6.83. The lowest BCUT2D eigenvalue weighted by molar-refractivity contribution is -0.141. The van der Waals surface area contributed by atoms with Crippen molar-refractivity contribution in [3.05, 3.63) is 29.3 Å². The number of aliphatic carboxylic acids is 1. The Balaban J connectivity index is 1.90. The molecule has 5 heteroatoms. The summed E-state index contributed by atoms with van der Waals surface area (Å²) < 4.78 is 0. The normalized spacial score (nSPS) is 21.5. The van der Waals surface area contributed by atoms with Crippen molar-refractivity contribution in [2.45, 2.75) is 39.2 Å². The maximum atomic E-state index is 11.9. The highest BCUT2D eigenvalue weighted by atomic mass is 16.4. The molecule has 0 bridgehead atoms. The second-order valence-corrected chi connectivity index (χ2v) is 5.46. The molecule has 0 heterocycles. The van der Waals surface area contributed by atoms with Crippen molar-refractivity contribution in [2.24, 2.45) is 5.92 Å². The molecule has 1 aromatic carbocycles. The molecule has 1 fully saturated rings. The lowest BCUT2D eigenvalue weighted by atomic mass is 10.1. The van der Waals surface area contributed by atoms with Gasteiger partial charge in [-0.2, -0.15) is 0 Å². The third-order valence-corrected chi connectivity index (χ3v) is 3.76. The van der Waals surface area contributed by atoms with Gasteiger partial charge in [-0.25, -0.2) is 4.79 Å². The van der Waals surface area contributed by atoms with Crippen LogP contribution in [0.3, 0.4) is 0 Å². The van der Waals surface area contributed by atoms with Gasteiger partial charge in [0.25, 0.3) is 0 Å². The standard InChI is InChI=1S/C15H20N2O3/c1-9-3-4-10(2)13(7-9)17-15(20)16-12-6-5-11(8-12)14(18)19/h3-4,7,11-12H,5-6,8H2,1-2H3,(H,18,19)(H2,16,17,20)/t11-,12+/m1/s1. The smallest absolute Gasteiger partial charge is 0.319 e. The first kappa shape index (κ1) is 14.4. The van der Waals surface area contributed by atoms with E-state index in [1.54, 1.807) is 0 Å². The summed E-state index contributed by atoms with van der Waals surface area (Å²) in [6.07, 6.45) is 1.86. The average molecular weight is 276 g/mol. The monoisotopic (exact) mass is 276 g/mol. The fraction of sp³-hybridized carbons (Fsp3) is 0.467. The van der Waals surface area contributed by atoms with Gasteiger partial charge in [-0.3, -0.25) is 4.79 Å². The van der Waals surface area contributed by atoms with E-state index in [4.69, 9.17) is 5.11 Å². The number of urea groups is 1. The van der Waals surface area contributed by atoms with Gasteiger partial charge in [0.15, 0.2) is 0 Å². The van der Waals surface area contributed by atoms with Crippen molar-refractivity contribution in [1.29, 1.82) is 0 Å². The molecule has 20 heavy (non-hydrogen) atoms. The Morgan fingerprint density at radius 1 is 1.25 bits per heavy atom. The number of amides is 2. The topological polar surface area (TPSA) is 78.4 Å². The van der Waals surface area contributed by atoms with Crippen LogP contribution in [0.15, 0.2) is 18.2 Å². The lowest BCUT2D eigenvalue weighted by Crippen LogP contribution is -2.36. The summed E-state index contributed by atoms with van der Waals surface area (Å²) in [6, 6.07) is 5.55. The number of carbonyl (C=O) groups is 2. The molecule has 2 rings (SSSR count). The Labute approximate surface area is 118 Å². The Morgan fingerprint density at radius 3 is 2.65 bits per heavy atom. The third-order valence-electron chi connectivity index (χ3n) is 3.76. The predicted octanol–water partition coefficient (Wildman–Crippen LogP) is 2.68. The Hall–Kier alpha value is -2.04. The molecule has 1 saturated carbocycles. The number of anilines is 1. The second-order valence-electron chi connectivity index (χ2n) is 5.46. The van der Waals surface area contributed by atoms with Crippen LogP contribution in [-0.2, 0) is 4.79 Å². The van der Waals surface area contributed by atoms with E-state index in [1.165, 1.54) is 0 Å². The van der Waals surface area contributed by atoms with Crippen LogP contribution in [0.2, 0.25) is 0 Å². The van der Waals surface area contributed by atoms with E-state index >= 15 is 0 Å². The number of carboxylic acid groups (broad SMARTS) is 1. The number of carbonyl (C=O) groups excluding carboxylic acids is 1. The van der Waals surface area contributed by atoms with Gasteiger partial charge < -0.3 is 15.7 Å². The zero-order valence-corrected chi connectivity index (χ0v) is 11.8. The zero-order valence-electron chi connectivity index (χ0n) is 11.8. The van der Waals surface area contributed by atoms with Gasteiger partial charge in [-0.1, -0.05) is 12.1 Å². The minimum absolute atomic E-state index is 0.0544. The highest BCUT2D eigenvalue weighted by molar-refractivity contribution is 5.90. The van der Waals surface area contributed by atoms with Gasteiger partial charge in [0, 0.05) is 11.7 Å². The van der Waals surface area contributed by atoms with Crippen LogP contribution in [0, 0.1) is 19.8 Å². The summed E-state index contributed by atoms with van der Waals surface area (Å²) in [6.45, 7) is 3.90. The number of benzene rings is 1. The van der Waals surface area contributed by atoms with Crippen LogP contribution < -0.4 is 10.6 Å². The number of hydrogen-bond donors (Lipinski definition) is 3. The van der Waals surface area contributed by atoms with E-state index in [9.17, 15) is 9.59 Å². The molecule has 0 spiro atoms. The maximum absolute atomic E-state index is 11.9. The Morgan fingerprint density at radius 2 is 2.00 bits per heavy atom. The van der Waals surface area contributed by atoms with E-state index in [2.05, 4.69) is 10.6 Å². The number of aryl methyl sites for hydroxylation is 2. The van der Waals surface area contributed by atoms with Crippen molar-refractivity contribution in [3.8, 4) is 0 Å². The summed E-state index contributed by atoms with van der Waals surface area (Å²) in [5, 5.41) is 14.6. The fourth-order valence-corrected chi connectivity index (χ4v) is 2.55. The van der Waals surface area contributed by atoms with Gasteiger partial charge in [-0.05, 0) is 50.3 Å². The molecular weight excluding hydrogens is 256 g/mol. The average Bonchev–Trinajstić information content (AvgIpc) is 2.82. The van der Waals surface area contributed by atoms with Crippen LogP contribution in [-0.4, -0.2) is 23.1 Å². The first-order chi connectivity index (χ1) is 9.45. The molecule has 5 nitrogen and oxygen atoms in total. The second kappa shape index (κ2) is 5.94. The summed E-state index contributed by atoms with van der Waals surface area (Å²) in [4.78, 5) is 22.8. The quantitative estimate of drug-likeness (QED) is 0.794. The summed E-state index contributed by atoms with van der Waals surface area (Å²) in [5.74, 6) is -1.11. The fourth-order valence-electron chi connectivity index (χ4n) is 2.55. The van der Waals surface area contributed by atoms with Crippen LogP contribution in [0.1, 0.15) is 30.4 Å². The highest BCUT2D eigenvalue weighted by Crippen LogP contribution is 2.25. The van der Waals surface area contributed by atoms with Crippen LogP contribution in [0.25, 0.3) is 0 Å². The van der Waals surface area contributed by atoms with E-state index in [1.807, 2.05) is 32.0 Å². The molecule has 0 unspecified atom stereocenters. The largest absolute Gasteiger partial charge is 0.481 e. The van der Waals surface area contributed by atoms with Crippen molar-refractivity contribution in [2.75, 3.05) is 5.32 Å². The Bertz CT molecular complexity index is 528. The summed E-state index contributed by atoms with van der Waals surface area (Å²) in [5.41, 5.74) is 2.87. The van der Waals surface area contributed by atoms with Gasteiger partial charge >= 0.3 is 12.0 Å². The van der Waals surface area contributed by atoms with Crippen LogP contribution in [0.5, 0.6) is 0 Å². The summed E-state index contributed by atoms with van der Waals surface area (Å²) >= 11 is 0. The molecule has 2 amide bonds. The maximum Gasteiger partial charge on any atom is 0.319 e. The van der Waals surface area contributed by atoms with E-state index in [-0.39, 0.29) is 18.0 Å². The van der Waals surface area contributed by atoms with Crippen molar-refractivity contribution in [3.63, 3.8) is 0 Å². The number of nitrogens with one attached hydrogen (secondary N) is 2. The van der Waals surface area contributed by atoms with Crippen molar-refractivity contribution < 1.29 is 14.7 Å². The van der Waals surface area contributed by atoms with Crippen molar-refractivity contribution >= 4 is 17.7 Å². The van der Waals surface area contributed by atoms with Gasteiger partial charge in [0.2, 0.25) is 0 Å². The third kappa shape index (κ3) is 3.50. The van der Waals surface area contributed by atoms with Gasteiger partial charge in [0.05, 0.1) is 5.92 Å². The van der Waals surface area contributed by atoms with E-state index < -0.39 is 5.97 Å². The molecule has 3 N–H and O–H groups in total.